The van der Waals surface area contributed by atoms with E-state index in [0.29, 0.717) is 6.42 Å². The number of carbonyl (C=O) groups excluding carboxylic acids is 14. The summed E-state index contributed by atoms with van der Waals surface area (Å²) in [6.45, 7) is 0.761. The first kappa shape index (κ1) is 84.6. The van der Waals surface area contributed by atoms with E-state index in [9.17, 15) is 112 Å². The number of nitrogens with zero attached hydrogens (tertiary/aromatic N) is 2. The van der Waals surface area contributed by atoms with Gasteiger partial charge in [-0.15, -0.1) is 0 Å². The Morgan fingerprint density at radius 3 is 1.54 bits per heavy atom. The number of nitrogens with one attached hydrogen (secondary N) is 11. The molecule has 0 spiro atoms. The topological polar surface area (TPSA) is 733 Å². The van der Waals surface area contributed by atoms with Crippen molar-refractivity contribution in [3.8, 4) is 0 Å². The first-order valence-electron chi connectivity index (χ1n) is 30.2. The number of unbranched alkanes of at least 4 members (excludes halogenated alkanes) is 1. The molecule has 14 amide bonds. The Morgan fingerprint density at radius 1 is 0.505 bits per heavy atom. The van der Waals surface area contributed by atoms with Crippen molar-refractivity contribution in [2.45, 2.75) is 189 Å². The molecule has 0 aliphatic carbocycles. The Hall–Kier alpha value is -10.4. The number of likely N-dealkylation sites (tertiary alicyclic amines) is 1. The molecule has 544 valence electrons. The minimum Gasteiger partial charge on any atom is -0.481 e. The molecule has 0 aromatic rings. The zero-order chi connectivity index (χ0) is 74.0. The van der Waals surface area contributed by atoms with Gasteiger partial charge in [0.15, 0.2) is 5.96 Å². The van der Waals surface area contributed by atoms with E-state index in [1.165, 1.54) is 0 Å². The van der Waals surface area contributed by atoms with Gasteiger partial charge in [0.2, 0.25) is 82.7 Å². The monoisotopic (exact) mass is 1390 g/mol. The maximum atomic E-state index is 14.3. The van der Waals surface area contributed by atoms with Gasteiger partial charge in [-0.3, -0.25) is 91.3 Å². The maximum Gasteiger partial charge on any atom is 0.325 e. The molecule has 0 aromatic heterocycles. The molecule has 1 saturated heterocycles. The fourth-order valence-electron chi connectivity index (χ4n) is 8.96. The van der Waals surface area contributed by atoms with Gasteiger partial charge in [0.05, 0.1) is 44.6 Å². The molecule has 1 fully saturated rings. The second-order valence-corrected chi connectivity index (χ2v) is 22.2. The van der Waals surface area contributed by atoms with Crippen LogP contribution in [0.25, 0.3) is 0 Å². The molecule has 0 radical (unpaired) electrons. The second-order valence-electron chi connectivity index (χ2n) is 22.2. The summed E-state index contributed by atoms with van der Waals surface area (Å²) in [5.74, 6) is -22.8. The lowest BCUT2D eigenvalue weighted by molar-refractivity contribution is -0.144. The number of aliphatic hydroxyl groups excluding tert-OH is 2. The quantitative estimate of drug-likeness (QED) is 0.0153. The predicted molar refractivity (Wildman–Crippen MR) is 329 cm³/mol. The minimum atomic E-state index is -2.05. The van der Waals surface area contributed by atoms with Crippen LogP contribution < -0.4 is 92.9 Å². The standard InChI is InChI=1S/C54H89N19O24/c1-23(42(85)71-33(22-74)49(92)69-32(20-40(83)84)48(91)72-41(25(3)75)51(94)64-24(2)53(96)97)63-45(88)27(9-6-16-61-54(59)60)65-37(78)21-62-44(87)30(18-36(58)77)70-50(93)34-10-7-17-73(34)52(95)29(12-14-38(79)80)67-47(90)31(19-39(81)82)68-46(89)28(8-4-5-15-55)66-43(86)26(56)11-13-35(57)76/h23-34,41,74-75H,4-22,55-56H2,1-3H3,(H2,57,76)(H2,58,77)(H,62,87)(H,63,88)(H,64,94)(H,65,78)(H,66,86)(H,67,90)(H,68,89)(H,69,92)(H,70,93)(H,71,85)(H,72,91)(H,79,80)(H,81,82)(H,83,84)(H,96,97)(H4,59,60,61)/t23-,24-,25+,26-,27-,28-,29-,30-,31-,32-,33-,34-,41-/m0/s1. The van der Waals surface area contributed by atoms with Crippen molar-refractivity contribution in [2.24, 2.45) is 39.4 Å². The number of primary amides is 2. The Balaban J connectivity index is 3.34. The normalized spacial score (nSPS) is 16.2. The number of amides is 14. The summed E-state index contributed by atoms with van der Waals surface area (Å²) in [7, 11) is 0. The molecule has 43 heteroatoms. The van der Waals surface area contributed by atoms with E-state index in [1.807, 2.05) is 16.0 Å². The molecule has 13 atom stereocenters. The van der Waals surface area contributed by atoms with E-state index in [0.717, 1.165) is 25.7 Å². The summed E-state index contributed by atoms with van der Waals surface area (Å²) in [6, 6.07) is -20.6. The number of carboxylic acid groups (broad SMARTS) is 4. The van der Waals surface area contributed by atoms with Crippen LogP contribution in [0, 0.1) is 0 Å². The van der Waals surface area contributed by atoms with Crippen molar-refractivity contribution in [1.82, 2.24) is 63.4 Å². The fraction of sp³-hybridized carbons (Fsp3) is 0.648. The van der Waals surface area contributed by atoms with Crippen molar-refractivity contribution >= 4 is 113 Å². The summed E-state index contributed by atoms with van der Waals surface area (Å²) in [4.78, 5) is 237. The number of nitrogens with two attached hydrogens (primary N) is 6. The van der Waals surface area contributed by atoms with Gasteiger partial charge < -0.3 is 128 Å². The predicted octanol–water partition coefficient (Wildman–Crippen LogP) is -12.1. The lowest BCUT2D eigenvalue weighted by atomic mass is 10.0. The number of aliphatic hydroxyl groups is 2. The smallest absolute Gasteiger partial charge is 0.325 e. The maximum absolute atomic E-state index is 14.3. The molecule has 0 saturated carbocycles. The summed E-state index contributed by atoms with van der Waals surface area (Å²) in [5, 5.41) is 81.9. The van der Waals surface area contributed by atoms with Crippen molar-refractivity contribution < 1.29 is 117 Å². The van der Waals surface area contributed by atoms with Crippen molar-refractivity contribution in [3.63, 3.8) is 0 Å². The van der Waals surface area contributed by atoms with Gasteiger partial charge in [-0.1, -0.05) is 0 Å². The number of hydrogen-bond donors (Lipinski definition) is 23. The van der Waals surface area contributed by atoms with E-state index < -0.39 is 230 Å². The third-order valence-corrected chi connectivity index (χ3v) is 14.2. The number of aliphatic imine (C=N–C) groups is 1. The number of carbonyl (C=O) groups is 18. The van der Waals surface area contributed by atoms with Crippen LogP contribution in [0.4, 0.5) is 0 Å². The van der Waals surface area contributed by atoms with Gasteiger partial charge in [-0.25, -0.2) is 0 Å². The Bertz CT molecular complexity index is 2900. The molecular formula is C54H89N19O24. The van der Waals surface area contributed by atoms with Crippen LogP contribution in [0.5, 0.6) is 0 Å². The van der Waals surface area contributed by atoms with E-state index >= 15 is 0 Å². The molecule has 1 heterocycles. The zero-order valence-corrected chi connectivity index (χ0v) is 53.3. The average molecular weight is 1390 g/mol. The first-order valence-corrected chi connectivity index (χ1v) is 30.2. The summed E-state index contributed by atoms with van der Waals surface area (Å²) >= 11 is 0. The van der Waals surface area contributed by atoms with Crippen LogP contribution in [0.1, 0.15) is 111 Å². The van der Waals surface area contributed by atoms with E-state index in [-0.39, 0.29) is 77.0 Å². The average Bonchev–Trinajstić information content (AvgIpc) is 1.75. The van der Waals surface area contributed by atoms with E-state index in [2.05, 4.69) is 47.5 Å². The summed E-state index contributed by atoms with van der Waals surface area (Å²) in [6.07, 6.45) is -6.77. The van der Waals surface area contributed by atoms with Crippen molar-refractivity contribution in [1.29, 1.82) is 0 Å². The number of rotatable bonds is 46. The van der Waals surface area contributed by atoms with Gasteiger partial charge in [0.1, 0.15) is 66.5 Å². The Labute approximate surface area is 552 Å². The van der Waals surface area contributed by atoms with Gasteiger partial charge in [-0.2, -0.15) is 0 Å². The minimum absolute atomic E-state index is 0.0347. The Kier molecular flexibility index (Phi) is 37.3. The lowest BCUT2D eigenvalue weighted by Gasteiger charge is -2.30. The molecule has 97 heavy (non-hydrogen) atoms. The first-order chi connectivity index (χ1) is 45.3. The van der Waals surface area contributed by atoms with Crippen LogP contribution in [-0.2, 0) is 86.3 Å². The molecule has 0 unspecified atom stereocenters. The van der Waals surface area contributed by atoms with Crippen molar-refractivity contribution in [3.05, 3.63) is 0 Å². The van der Waals surface area contributed by atoms with Crippen LogP contribution in [0.3, 0.4) is 0 Å². The van der Waals surface area contributed by atoms with Crippen LogP contribution >= 0.6 is 0 Å². The molecule has 0 bridgehead atoms. The second kappa shape index (κ2) is 42.8. The number of carboxylic acids is 4. The number of aliphatic carboxylic acids is 4. The highest BCUT2D eigenvalue weighted by molar-refractivity contribution is 6.01. The highest BCUT2D eigenvalue weighted by Gasteiger charge is 2.41. The van der Waals surface area contributed by atoms with Crippen LogP contribution in [-0.4, -0.2) is 259 Å². The zero-order valence-electron chi connectivity index (χ0n) is 53.3. The molecule has 1 aliphatic rings. The summed E-state index contributed by atoms with van der Waals surface area (Å²) in [5.41, 5.74) is 32.7. The molecule has 0 aromatic carbocycles. The molecule has 1 aliphatic heterocycles. The third kappa shape index (κ3) is 32.0. The third-order valence-electron chi connectivity index (χ3n) is 14.2. The molecule has 29 N–H and O–H groups in total. The van der Waals surface area contributed by atoms with Crippen LogP contribution in [0.2, 0.25) is 0 Å². The van der Waals surface area contributed by atoms with Gasteiger partial charge in [0, 0.05) is 25.9 Å². The molecule has 43 nitrogen and oxygen atoms in total. The number of guanidine groups is 1. The molecule has 1 rings (SSSR count). The lowest BCUT2D eigenvalue weighted by Crippen LogP contribution is -2.61. The van der Waals surface area contributed by atoms with Gasteiger partial charge in [-0.05, 0) is 85.1 Å². The number of hydrogen-bond acceptors (Lipinski definition) is 23. The summed E-state index contributed by atoms with van der Waals surface area (Å²) < 4.78 is 0. The van der Waals surface area contributed by atoms with E-state index in [4.69, 9.17) is 39.5 Å². The van der Waals surface area contributed by atoms with Gasteiger partial charge >= 0.3 is 23.9 Å². The highest BCUT2D eigenvalue weighted by Crippen LogP contribution is 2.21. The fourth-order valence-corrected chi connectivity index (χ4v) is 8.96. The van der Waals surface area contributed by atoms with E-state index in [1.54, 1.807) is 0 Å². The Morgan fingerprint density at radius 2 is 1.01 bits per heavy atom. The largest absolute Gasteiger partial charge is 0.481 e. The highest BCUT2D eigenvalue weighted by atomic mass is 16.4. The SMILES string of the molecule is C[C@H](NC(=O)[C@@H](NC(=O)[C@H](CC(=O)O)NC(=O)[C@H](CO)NC(=O)[C@H](C)NC(=O)[C@H](CCCN=C(N)N)NC(=O)CNC(=O)[C@H](CC(N)=O)NC(=O)[C@@H]1CCCN1C(=O)[C@H](CCC(=O)O)NC(=O)[C@H](CC(=O)O)NC(=O)[C@H](CCCCN)NC(=O)[C@@H](N)CCC(N)=O)[C@@H](C)O)C(=O)O. The van der Waals surface area contributed by atoms with Crippen LogP contribution in [0.15, 0.2) is 4.99 Å². The van der Waals surface area contributed by atoms with Gasteiger partial charge in [0.25, 0.3) is 0 Å². The molecular weight excluding hydrogens is 1300 g/mol. The van der Waals surface area contributed by atoms with Crippen molar-refractivity contribution in [2.75, 3.05) is 32.8 Å².